The summed E-state index contributed by atoms with van der Waals surface area (Å²) in [5.74, 6) is -0.371. The first-order chi connectivity index (χ1) is 9.35. The maximum atomic E-state index is 10.9. The molecule has 5 nitrogen and oxygen atoms in total. The van der Waals surface area contributed by atoms with Gasteiger partial charge in [-0.25, -0.2) is 0 Å². The molecule has 6 heteroatoms. The minimum atomic E-state index is -4.03. The van der Waals surface area contributed by atoms with E-state index in [0.717, 1.165) is 11.1 Å². The Morgan fingerprint density at radius 3 is 2.35 bits per heavy atom. The zero-order chi connectivity index (χ0) is 15.2. The van der Waals surface area contributed by atoms with Crippen molar-refractivity contribution in [3.8, 4) is 0 Å². The third kappa shape index (κ3) is 5.42. The molecule has 0 fully saturated rings. The normalized spacial score (nSPS) is 13.4. The lowest BCUT2D eigenvalue weighted by Gasteiger charge is -2.31. The van der Waals surface area contributed by atoms with Crippen LogP contribution in [0.3, 0.4) is 0 Å². The van der Waals surface area contributed by atoms with E-state index >= 15 is 0 Å². The second-order valence-corrected chi connectivity index (χ2v) is 6.28. The molecular weight excluding hydrogens is 278 g/mol. The monoisotopic (exact) mass is 299 g/mol. The highest BCUT2D eigenvalue weighted by Gasteiger charge is 2.22. The molecule has 2 N–H and O–H groups in total. The van der Waals surface area contributed by atoms with Crippen LogP contribution in [0, 0.1) is 0 Å². The largest absolute Gasteiger partial charge is 0.395 e. The average Bonchev–Trinajstić information content (AvgIpc) is 2.36. The summed E-state index contributed by atoms with van der Waals surface area (Å²) >= 11 is 0. The van der Waals surface area contributed by atoms with E-state index in [-0.39, 0.29) is 24.9 Å². The van der Waals surface area contributed by atoms with E-state index in [1.54, 1.807) is 4.90 Å². The van der Waals surface area contributed by atoms with Crippen LogP contribution in [0.4, 0.5) is 0 Å². The van der Waals surface area contributed by atoms with Gasteiger partial charge in [-0.15, -0.1) is 0 Å². The highest BCUT2D eigenvalue weighted by molar-refractivity contribution is 7.85. The SMILES string of the molecule is C=C(C)C(c1ccccc1)N(CCO)CCS(=O)(=O)O. The maximum absolute atomic E-state index is 10.9. The van der Waals surface area contributed by atoms with Gasteiger partial charge in [0.25, 0.3) is 10.1 Å². The number of nitrogens with zero attached hydrogens (tertiary/aromatic N) is 1. The van der Waals surface area contributed by atoms with Crippen molar-refractivity contribution in [2.24, 2.45) is 0 Å². The predicted molar refractivity (Wildman–Crippen MR) is 79.1 cm³/mol. The smallest absolute Gasteiger partial charge is 0.266 e. The number of rotatable bonds is 8. The number of hydrogen-bond acceptors (Lipinski definition) is 4. The van der Waals surface area contributed by atoms with Gasteiger partial charge >= 0.3 is 0 Å². The highest BCUT2D eigenvalue weighted by atomic mass is 32.2. The van der Waals surface area contributed by atoms with Gasteiger partial charge in [-0.05, 0) is 12.5 Å². The fourth-order valence-electron chi connectivity index (χ4n) is 2.17. The second-order valence-electron chi connectivity index (χ2n) is 4.71. The summed E-state index contributed by atoms with van der Waals surface area (Å²) in [5.41, 5.74) is 1.82. The topological polar surface area (TPSA) is 77.8 Å². The lowest BCUT2D eigenvalue weighted by molar-refractivity contribution is 0.173. The Morgan fingerprint density at radius 2 is 1.90 bits per heavy atom. The van der Waals surface area contributed by atoms with Gasteiger partial charge in [0.2, 0.25) is 0 Å². The van der Waals surface area contributed by atoms with Crippen LogP contribution in [0.15, 0.2) is 42.5 Å². The van der Waals surface area contributed by atoms with E-state index in [1.165, 1.54) is 0 Å². The van der Waals surface area contributed by atoms with E-state index in [0.29, 0.717) is 6.54 Å². The molecule has 0 heterocycles. The molecule has 1 unspecified atom stereocenters. The zero-order valence-electron chi connectivity index (χ0n) is 11.6. The Bertz CT molecular complexity index is 527. The van der Waals surface area contributed by atoms with Crippen molar-refractivity contribution in [1.82, 2.24) is 4.90 Å². The van der Waals surface area contributed by atoms with Crippen LogP contribution in [0.2, 0.25) is 0 Å². The van der Waals surface area contributed by atoms with Crippen LogP contribution in [0.1, 0.15) is 18.5 Å². The molecule has 1 rings (SSSR count). The number of aliphatic hydroxyl groups excluding tert-OH is 1. The van der Waals surface area contributed by atoms with Gasteiger partial charge < -0.3 is 5.11 Å². The van der Waals surface area contributed by atoms with Gasteiger partial charge in [0, 0.05) is 13.1 Å². The summed E-state index contributed by atoms with van der Waals surface area (Å²) in [6.45, 7) is 6.14. The van der Waals surface area contributed by atoms with Crippen LogP contribution in [-0.2, 0) is 10.1 Å². The van der Waals surface area contributed by atoms with Gasteiger partial charge in [-0.3, -0.25) is 9.45 Å². The number of benzene rings is 1. The molecule has 0 spiro atoms. The van der Waals surface area contributed by atoms with E-state index in [9.17, 15) is 8.42 Å². The van der Waals surface area contributed by atoms with Crippen LogP contribution >= 0.6 is 0 Å². The Morgan fingerprint density at radius 1 is 1.30 bits per heavy atom. The third-order valence-electron chi connectivity index (χ3n) is 2.97. The molecule has 1 atom stereocenters. The molecule has 1 aromatic carbocycles. The van der Waals surface area contributed by atoms with E-state index in [2.05, 4.69) is 6.58 Å². The first-order valence-electron chi connectivity index (χ1n) is 6.35. The Balaban J connectivity index is 2.97. The molecule has 0 aliphatic carbocycles. The molecule has 0 amide bonds. The Labute approximate surface area is 120 Å². The third-order valence-corrected chi connectivity index (χ3v) is 3.67. The molecular formula is C14H21NO4S. The first-order valence-corrected chi connectivity index (χ1v) is 7.96. The van der Waals surface area contributed by atoms with Crippen LogP contribution in [-0.4, -0.2) is 48.4 Å². The molecule has 1 aromatic rings. The van der Waals surface area contributed by atoms with E-state index in [1.807, 2.05) is 37.3 Å². The van der Waals surface area contributed by atoms with Gasteiger partial charge in [-0.1, -0.05) is 42.5 Å². The molecule has 0 saturated carbocycles. The summed E-state index contributed by atoms with van der Waals surface area (Å²) < 4.78 is 30.7. The molecule has 0 aliphatic rings. The van der Waals surface area contributed by atoms with Crippen LogP contribution in [0.25, 0.3) is 0 Å². The summed E-state index contributed by atoms with van der Waals surface area (Å²) in [6.07, 6.45) is 0. The average molecular weight is 299 g/mol. The van der Waals surface area contributed by atoms with E-state index in [4.69, 9.17) is 9.66 Å². The van der Waals surface area contributed by atoms with E-state index < -0.39 is 10.1 Å². The van der Waals surface area contributed by atoms with Crippen molar-refractivity contribution >= 4 is 10.1 Å². The molecule has 0 radical (unpaired) electrons. The van der Waals surface area contributed by atoms with Crippen molar-refractivity contribution in [3.63, 3.8) is 0 Å². The minimum Gasteiger partial charge on any atom is -0.395 e. The summed E-state index contributed by atoms with van der Waals surface area (Å²) in [6, 6.07) is 9.35. The van der Waals surface area contributed by atoms with Gasteiger partial charge in [-0.2, -0.15) is 8.42 Å². The van der Waals surface area contributed by atoms with Crippen molar-refractivity contribution in [3.05, 3.63) is 48.0 Å². The van der Waals surface area contributed by atoms with Crippen LogP contribution in [0.5, 0.6) is 0 Å². The minimum absolute atomic E-state index is 0.0951. The lowest BCUT2D eigenvalue weighted by Crippen LogP contribution is -2.35. The Hall–Kier alpha value is -1.21. The Kier molecular flexibility index (Phi) is 6.35. The van der Waals surface area contributed by atoms with Crippen molar-refractivity contribution < 1.29 is 18.1 Å². The molecule has 112 valence electrons. The predicted octanol–water partition coefficient (Wildman–Crippen LogP) is 1.49. The first kappa shape index (κ1) is 16.8. The van der Waals surface area contributed by atoms with Gasteiger partial charge in [0.05, 0.1) is 18.4 Å². The van der Waals surface area contributed by atoms with Crippen LogP contribution < -0.4 is 0 Å². The molecule has 20 heavy (non-hydrogen) atoms. The summed E-state index contributed by atoms with van der Waals surface area (Å²) in [7, 11) is -4.03. The fourth-order valence-corrected chi connectivity index (χ4v) is 2.64. The van der Waals surface area contributed by atoms with Gasteiger partial charge in [0.1, 0.15) is 0 Å². The maximum Gasteiger partial charge on any atom is 0.266 e. The summed E-state index contributed by atoms with van der Waals surface area (Å²) in [4.78, 5) is 1.80. The quantitative estimate of drug-likeness (QED) is 0.561. The van der Waals surface area contributed by atoms with Crippen molar-refractivity contribution in [1.29, 1.82) is 0 Å². The molecule has 0 saturated heterocycles. The lowest BCUT2D eigenvalue weighted by atomic mass is 9.99. The summed E-state index contributed by atoms with van der Waals surface area (Å²) in [5, 5.41) is 9.16. The highest BCUT2D eigenvalue weighted by Crippen LogP contribution is 2.26. The number of hydrogen-bond donors (Lipinski definition) is 2. The van der Waals surface area contributed by atoms with Gasteiger partial charge in [0.15, 0.2) is 0 Å². The molecule has 0 aromatic heterocycles. The molecule has 0 aliphatic heterocycles. The second kappa shape index (κ2) is 7.54. The molecule has 0 bridgehead atoms. The number of aliphatic hydroxyl groups is 1. The van der Waals surface area contributed by atoms with Crippen molar-refractivity contribution in [2.75, 3.05) is 25.4 Å². The van der Waals surface area contributed by atoms with Crippen molar-refractivity contribution in [2.45, 2.75) is 13.0 Å². The standard InChI is InChI=1S/C14H21NO4S/c1-12(2)14(13-6-4-3-5-7-13)15(8-10-16)9-11-20(17,18)19/h3-7,14,16H,1,8-11H2,2H3,(H,17,18,19). The fraction of sp³-hybridized carbons (Fsp3) is 0.429. The zero-order valence-corrected chi connectivity index (χ0v) is 12.4.